The summed E-state index contributed by atoms with van der Waals surface area (Å²) in [7, 11) is 0. The highest BCUT2D eigenvalue weighted by Gasteiger charge is 2.36. The molecule has 0 bridgehead atoms. The third-order valence-corrected chi connectivity index (χ3v) is 4.24. The average molecular weight is 272 g/mol. The summed E-state index contributed by atoms with van der Waals surface area (Å²) in [5, 5.41) is 10.8. The molecule has 5 nitrogen and oxygen atoms in total. The maximum absolute atomic E-state index is 5.66. The van der Waals surface area contributed by atoms with Gasteiger partial charge in [0.25, 0.3) is 0 Å². The predicted octanol–water partition coefficient (Wildman–Crippen LogP) is 2.13. The van der Waals surface area contributed by atoms with E-state index in [1.165, 1.54) is 0 Å². The first-order valence-corrected chi connectivity index (χ1v) is 6.98. The monoisotopic (exact) mass is 272 g/mol. The van der Waals surface area contributed by atoms with Crippen molar-refractivity contribution in [2.24, 2.45) is 0 Å². The Kier molecular flexibility index (Phi) is 3.54. The number of ether oxygens (including phenoxy) is 1. The molecule has 2 unspecified atom stereocenters. The summed E-state index contributed by atoms with van der Waals surface area (Å²) in [6.45, 7) is 5.93. The molecule has 3 rings (SSSR count). The van der Waals surface area contributed by atoms with E-state index < -0.39 is 0 Å². The van der Waals surface area contributed by atoms with E-state index in [2.05, 4.69) is 34.3 Å². The molecule has 1 saturated heterocycles. The molecule has 3 heterocycles. The molecule has 2 N–H and O–H groups in total. The summed E-state index contributed by atoms with van der Waals surface area (Å²) in [5.74, 6) is 0. The van der Waals surface area contributed by atoms with E-state index in [1.807, 2.05) is 24.5 Å². The third kappa shape index (κ3) is 2.46. The molecule has 2 aromatic heterocycles. The van der Waals surface area contributed by atoms with Crippen LogP contribution in [0.3, 0.4) is 0 Å². The number of aromatic amines is 1. The minimum Gasteiger partial charge on any atom is -0.377 e. The van der Waals surface area contributed by atoms with Gasteiger partial charge in [-0.1, -0.05) is 0 Å². The van der Waals surface area contributed by atoms with Crippen LogP contribution in [0.4, 0.5) is 0 Å². The fraction of sp³-hybridized carbons (Fsp3) is 0.467. The molecule has 0 aliphatic carbocycles. The van der Waals surface area contributed by atoms with Gasteiger partial charge in [-0.2, -0.15) is 5.10 Å². The van der Waals surface area contributed by atoms with Crippen molar-refractivity contribution in [1.82, 2.24) is 20.5 Å². The van der Waals surface area contributed by atoms with Crippen molar-refractivity contribution in [2.45, 2.75) is 38.5 Å². The van der Waals surface area contributed by atoms with E-state index in [-0.39, 0.29) is 11.6 Å². The smallest absolute Gasteiger partial charge is 0.0726 e. The quantitative estimate of drug-likeness (QED) is 0.895. The maximum atomic E-state index is 5.66. The van der Waals surface area contributed by atoms with Gasteiger partial charge in [0.05, 0.1) is 18.0 Å². The Hall–Kier alpha value is -1.72. The molecule has 0 amide bonds. The molecule has 0 aromatic carbocycles. The van der Waals surface area contributed by atoms with Crippen molar-refractivity contribution >= 4 is 0 Å². The van der Waals surface area contributed by atoms with Crippen molar-refractivity contribution in [2.75, 3.05) is 6.61 Å². The van der Waals surface area contributed by atoms with Crippen LogP contribution in [0.2, 0.25) is 0 Å². The Labute approximate surface area is 118 Å². The van der Waals surface area contributed by atoms with Gasteiger partial charge in [0.1, 0.15) is 0 Å². The van der Waals surface area contributed by atoms with Crippen LogP contribution < -0.4 is 5.32 Å². The fourth-order valence-corrected chi connectivity index (χ4v) is 2.57. The molecular weight excluding hydrogens is 252 g/mol. The lowest BCUT2D eigenvalue weighted by atomic mass is 9.94. The summed E-state index contributed by atoms with van der Waals surface area (Å²) >= 11 is 0. The largest absolute Gasteiger partial charge is 0.377 e. The Balaban J connectivity index is 1.75. The zero-order chi connectivity index (χ0) is 14.0. The number of H-pyrrole nitrogens is 1. The second-order valence-corrected chi connectivity index (χ2v) is 5.55. The molecule has 1 aliphatic rings. The summed E-state index contributed by atoms with van der Waals surface area (Å²) in [4.78, 5) is 4.16. The van der Waals surface area contributed by atoms with Crippen molar-refractivity contribution in [1.29, 1.82) is 0 Å². The van der Waals surface area contributed by atoms with Crippen LogP contribution >= 0.6 is 0 Å². The number of hydrogen-bond donors (Lipinski definition) is 2. The number of aromatic nitrogens is 3. The van der Waals surface area contributed by atoms with Crippen LogP contribution in [0.1, 0.15) is 25.8 Å². The van der Waals surface area contributed by atoms with Crippen molar-refractivity contribution in [3.63, 3.8) is 0 Å². The zero-order valence-electron chi connectivity index (χ0n) is 11.9. The van der Waals surface area contributed by atoms with Crippen LogP contribution in [0.25, 0.3) is 11.3 Å². The van der Waals surface area contributed by atoms with E-state index in [4.69, 9.17) is 4.74 Å². The third-order valence-electron chi connectivity index (χ3n) is 4.24. The minimum absolute atomic E-state index is 0.0312. The highest BCUT2D eigenvalue weighted by molar-refractivity contribution is 5.61. The van der Waals surface area contributed by atoms with Crippen LogP contribution in [-0.2, 0) is 11.3 Å². The SMILES string of the molecule is CC1OCCC1(C)NCc1cn[nH]c1-c1cccnc1. The van der Waals surface area contributed by atoms with Crippen LogP contribution in [0, 0.1) is 0 Å². The van der Waals surface area contributed by atoms with Gasteiger partial charge < -0.3 is 10.1 Å². The number of hydrogen-bond acceptors (Lipinski definition) is 4. The molecule has 2 aromatic rings. The Bertz CT molecular complexity index is 568. The highest BCUT2D eigenvalue weighted by Crippen LogP contribution is 2.26. The number of pyridine rings is 1. The first kappa shape index (κ1) is 13.3. The molecule has 1 fully saturated rings. The van der Waals surface area contributed by atoms with E-state index in [9.17, 15) is 0 Å². The van der Waals surface area contributed by atoms with E-state index in [0.29, 0.717) is 0 Å². The van der Waals surface area contributed by atoms with E-state index in [1.54, 1.807) is 6.20 Å². The summed E-state index contributed by atoms with van der Waals surface area (Å²) in [6, 6.07) is 3.97. The van der Waals surface area contributed by atoms with Crippen LogP contribution in [-0.4, -0.2) is 33.4 Å². The lowest BCUT2D eigenvalue weighted by Gasteiger charge is -2.29. The molecule has 20 heavy (non-hydrogen) atoms. The Morgan fingerprint density at radius 2 is 2.40 bits per heavy atom. The van der Waals surface area contributed by atoms with E-state index >= 15 is 0 Å². The second kappa shape index (κ2) is 5.34. The van der Waals surface area contributed by atoms with Crippen LogP contribution in [0.15, 0.2) is 30.7 Å². The van der Waals surface area contributed by atoms with E-state index in [0.717, 1.165) is 36.4 Å². The standard InChI is InChI=1S/C15H20N4O/c1-11-15(2,5-7-20-11)17-9-13-10-18-19-14(13)12-4-3-6-16-8-12/h3-4,6,8,10-11,17H,5,7,9H2,1-2H3,(H,18,19). The Morgan fingerprint density at radius 3 is 3.10 bits per heavy atom. The van der Waals surface area contributed by atoms with Gasteiger partial charge in [-0.05, 0) is 32.4 Å². The summed E-state index contributed by atoms with van der Waals surface area (Å²) < 4.78 is 5.66. The van der Waals surface area contributed by atoms with Gasteiger partial charge in [0.15, 0.2) is 0 Å². The van der Waals surface area contributed by atoms with Crippen molar-refractivity contribution in [3.8, 4) is 11.3 Å². The molecule has 0 spiro atoms. The first-order chi connectivity index (χ1) is 9.69. The van der Waals surface area contributed by atoms with Crippen molar-refractivity contribution < 1.29 is 4.74 Å². The summed E-state index contributed by atoms with van der Waals surface area (Å²) in [5.41, 5.74) is 3.27. The zero-order valence-corrected chi connectivity index (χ0v) is 11.9. The van der Waals surface area contributed by atoms with Gasteiger partial charge in [-0.3, -0.25) is 10.1 Å². The predicted molar refractivity (Wildman–Crippen MR) is 77.1 cm³/mol. The molecule has 106 valence electrons. The molecule has 0 radical (unpaired) electrons. The van der Waals surface area contributed by atoms with Crippen molar-refractivity contribution in [3.05, 3.63) is 36.3 Å². The number of rotatable bonds is 4. The first-order valence-electron chi connectivity index (χ1n) is 6.98. The summed E-state index contributed by atoms with van der Waals surface area (Å²) in [6.07, 6.45) is 6.76. The Morgan fingerprint density at radius 1 is 1.50 bits per heavy atom. The fourth-order valence-electron chi connectivity index (χ4n) is 2.57. The normalized spacial score (nSPS) is 26.0. The van der Waals surface area contributed by atoms with Gasteiger partial charge in [-0.15, -0.1) is 0 Å². The molecule has 0 saturated carbocycles. The second-order valence-electron chi connectivity index (χ2n) is 5.55. The lowest BCUT2D eigenvalue weighted by molar-refractivity contribution is 0.0881. The molecule has 1 aliphatic heterocycles. The molecule has 2 atom stereocenters. The average Bonchev–Trinajstić information content (AvgIpc) is 3.06. The van der Waals surface area contributed by atoms with Gasteiger partial charge >= 0.3 is 0 Å². The molecular formula is C15H20N4O. The number of nitrogens with zero attached hydrogens (tertiary/aromatic N) is 2. The number of nitrogens with one attached hydrogen (secondary N) is 2. The lowest BCUT2D eigenvalue weighted by Crippen LogP contribution is -2.47. The van der Waals surface area contributed by atoms with Crippen LogP contribution in [0.5, 0.6) is 0 Å². The highest BCUT2D eigenvalue weighted by atomic mass is 16.5. The topological polar surface area (TPSA) is 62.8 Å². The van der Waals surface area contributed by atoms with Gasteiger partial charge in [0, 0.05) is 42.2 Å². The van der Waals surface area contributed by atoms with Gasteiger partial charge in [-0.25, -0.2) is 0 Å². The molecule has 5 heteroatoms. The maximum Gasteiger partial charge on any atom is 0.0726 e. The van der Waals surface area contributed by atoms with Gasteiger partial charge in [0.2, 0.25) is 0 Å². The minimum atomic E-state index is 0.0312.